The van der Waals surface area contributed by atoms with Crippen LogP contribution in [-0.4, -0.2) is 5.17 Å². The lowest BCUT2D eigenvalue weighted by atomic mass is 9.77. The molecule has 4 rings (SSSR count). The van der Waals surface area contributed by atoms with Crippen LogP contribution < -0.4 is 5.32 Å². The van der Waals surface area contributed by atoms with Gasteiger partial charge in [-0.25, -0.2) is 4.39 Å². The van der Waals surface area contributed by atoms with Gasteiger partial charge in [-0.1, -0.05) is 24.6 Å². The van der Waals surface area contributed by atoms with Gasteiger partial charge in [-0.15, -0.1) is 0 Å². The van der Waals surface area contributed by atoms with E-state index in [1.54, 1.807) is 12.1 Å². The number of hydrogen-bond acceptors (Lipinski definition) is 3. The zero-order valence-corrected chi connectivity index (χ0v) is 14.5. The van der Waals surface area contributed by atoms with Crippen LogP contribution in [0.25, 0.3) is 11.1 Å². The smallest absolute Gasteiger partial charge is 0.262 e. The van der Waals surface area contributed by atoms with Gasteiger partial charge in [0.1, 0.15) is 17.5 Å². The van der Waals surface area contributed by atoms with Crippen LogP contribution in [0.2, 0.25) is 0 Å². The van der Waals surface area contributed by atoms with Crippen LogP contribution in [-0.2, 0) is 10.3 Å². The van der Waals surface area contributed by atoms with Gasteiger partial charge < -0.3 is 10.1 Å². The van der Waals surface area contributed by atoms with Gasteiger partial charge in [0.05, 0.1) is 5.56 Å². The van der Waals surface area contributed by atoms with E-state index in [0.29, 0.717) is 10.7 Å². The molecule has 1 N–H and O–H groups in total. The van der Waals surface area contributed by atoms with E-state index < -0.39 is 11.4 Å². The number of hydrogen-bond donors (Lipinski definition) is 1. The van der Waals surface area contributed by atoms with Crippen molar-refractivity contribution in [1.82, 2.24) is 0 Å². The first-order valence-corrected chi connectivity index (χ1v) is 8.87. The lowest BCUT2D eigenvalue weighted by Gasteiger charge is -2.42. The highest BCUT2D eigenvalue weighted by molar-refractivity contribution is 7.80. The van der Waals surface area contributed by atoms with E-state index in [1.165, 1.54) is 12.5 Å². The van der Waals surface area contributed by atoms with E-state index in [1.807, 2.05) is 24.3 Å². The number of nitrogens with one attached hydrogen (secondary N) is 1. The van der Waals surface area contributed by atoms with E-state index >= 15 is 0 Å². The van der Waals surface area contributed by atoms with Crippen LogP contribution >= 0.6 is 12.2 Å². The van der Waals surface area contributed by atoms with E-state index in [2.05, 4.69) is 5.32 Å². The van der Waals surface area contributed by atoms with Crippen molar-refractivity contribution < 1.29 is 9.13 Å². The van der Waals surface area contributed by atoms with Gasteiger partial charge in [-0.2, -0.15) is 5.26 Å². The topological polar surface area (TPSA) is 45.0 Å². The largest absolute Gasteiger partial charge is 0.459 e. The molecule has 0 unspecified atom stereocenters. The summed E-state index contributed by atoms with van der Waals surface area (Å²) in [6, 6.07) is 12.6. The summed E-state index contributed by atoms with van der Waals surface area (Å²) in [5.41, 5.74) is 2.77. The Hall–Kier alpha value is -2.45. The Morgan fingerprint density at radius 2 is 1.96 bits per heavy atom. The average molecular weight is 352 g/mol. The van der Waals surface area contributed by atoms with Crippen molar-refractivity contribution in [2.75, 3.05) is 5.32 Å². The van der Waals surface area contributed by atoms with Gasteiger partial charge in [0.15, 0.2) is 0 Å². The minimum atomic E-state index is -0.483. The van der Waals surface area contributed by atoms with E-state index in [-0.39, 0.29) is 5.56 Å². The van der Waals surface area contributed by atoms with E-state index in [9.17, 15) is 4.39 Å². The predicted molar refractivity (Wildman–Crippen MR) is 98.6 cm³/mol. The monoisotopic (exact) mass is 352 g/mol. The second-order valence-corrected chi connectivity index (χ2v) is 6.98. The molecule has 1 saturated carbocycles. The molecule has 0 radical (unpaired) electrons. The van der Waals surface area contributed by atoms with Gasteiger partial charge in [0, 0.05) is 16.8 Å². The molecule has 2 aliphatic rings. The molecule has 0 amide bonds. The molecular formula is C20H17FN2OS. The molecule has 25 heavy (non-hydrogen) atoms. The number of benzene rings is 2. The van der Waals surface area contributed by atoms with Crippen molar-refractivity contribution in [3.05, 3.63) is 53.3 Å². The number of nitrogens with zero attached hydrogens (tertiary/aromatic N) is 1. The van der Waals surface area contributed by atoms with Crippen molar-refractivity contribution in [2.45, 2.75) is 37.7 Å². The van der Waals surface area contributed by atoms with Crippen LogP contribution in [0.3, 0.4) is 0 Å². The molecule has 3 nitrogen and oxygen atoms in total. The summed E-state index contributed by atoms with van der Waals surface area (Å²) < 4.78 is 20.7. The van der Waals surface area contributed by atoms with Crippen molar-refractivity contribution in [3.8, 4) is 17.2 Å². The fourth-order valence-electron chi connectivity index (χ4n) is 3.90. The molecule has 0 bridgehead atoms. The summed E-state index contributed by atoms with van der Waals surface area (Å²) in [6.45, 7) is 0. The normalized spacial score (nSPS) is 18.0. The van der Waals surface area contributed by atoms with E-state index in [4.69, 9.17) is 22.2 Å². The predicted octanol–water partition coefficient (Wildman–Crippen LogP) is 5.25. The second kappa shape index (κ2) is 6.12. The molecule has 2 aromatic rings. The van der Waals surface area contributed by atoms with Gasteiger partial charge in [0.25, 0.3) is 5.17 Å². The summed E-state index contributed by atoms with van der Waals surface area (Å²) in [7, 11) is 0. The van der Waals surface area contributed by atoms with Crippen molar-refractivity contribution in [2.24, 2.45) is 0 Å². The molecule has 1 heterocycles. The summed E-state index contributed by atoms with van der Waals surface area (Å²) in [5, 5.41) is 12.6. The standard InChI is InChI=1S/C20H17FN2OS/c21-18-14(12-22)5-4-6-15(18)13-7-8-17-16(11-13)20(24-19(25)23-17)9-2-1-3-10-20/h4-8,11H,1-3,9-10H2,(H,23,25). The maximum absolute atomic E-state index is 14.6. The number of thiocarbonyl (C=S) groups is 1. The van der Waals surface area contributed by atoms with Gasteiger partial charge >= 0.3 is 0 Å². The quantitative estimate of drug-likeness (QED) is 0.712. The zero-order valence-electron chi connectivity index (χ0n) is 13.6. The SMILES string of the molecule is N#Cc1cccc(-c2ccc3c(c2)C2(CCCCC2)OC(=S)N3)c1F. The molecule has 1 aliphatic heterocycles. The van der Waals surface area contributed by atoms with Crippen molar-refractivity contribution >= 4 is 23.1 Å². The molecule has 126 valence electrons. The number of rotatable bonds is 1. The average Bonchev–Trinajstić information content (AvgIpc) is 2.62. The highest BCUT2D eigenvalue weighted by Crippen LogP contribution is 2.47. The Labute approximate surface area is 151 Å². The first-order chi connectivity index (χ1) is 12.1. The first kappa shape index (κ1) is 16.0. The maximum Gasteiger partial charge on any atom is 0.262 e. The zero-order chi connectivity index (χ0) is 17.4. The fourth-order valence-corrected chi connectivity index (χ4v) is 4.17. The molecule has 1 aliphatic carbocycles. The Balaban J connectivity index is 1.86. The Morgan fingerprint density at radius 3 is 2.72 bits per heavy atom. The summed E-state index contributed by atoms with van der Waals surface area (Å²) >= 11 is 5.29. The third-order valence-electron chi connectivity index (χ3n) is 5.13. The van der Waals surface area contributed by atoms with Crippen molar-refractivity contribution in [1.29, 1.82) is 5.26 Å². The van der Waals surface area contributed by atoms with Gasteiger partial charge in [-0.05, 0) is 61.7 Å². The maximum atomic E-state index is 14.6. The fraction of sp³-hybridized carbons (Fsp3) is 0.300. The second-order valence-electron chi connectivity index (χ2n) is 6.61. The molecule has 1 spiro atoms. The number of halogens is 1. The lowest BCUT2D eigenvalue weighted by Crippen LogP contribution is -2.40. The summed E-state index contributed by atoms with van der Waals surface area (Å²) in [4.78, 5) is 0. The van der Waals surface area contributed by atoms with Crippen LogP contribution in [0, 0.1) is 17.1 Å². The Kier molecular flexibility index (Phi) is 3.93. The Morgan fingerprint density at radius 1 is 1.16 bits per heavy atom. The summed E-state index contributed by atoms with van der Waals surface area (Å²) in [6.07, 6.45) is 5.19. The number of anilines is 1. The van der Waals surface area contributed by atoms with E-state index in [0.717, 1.165) is 42.5 Å². The van der Waals surface area contributed by atoms with Gasteiger partial charge in [0.2, 0.25) is 0 Å². The van der Waals surface area contributed by atoms with Crippen molar-refractivity contribution in [3.63, 3.8) is 0 Å². The molecular weight excluding hydrogens is 335 g/mol. The number of ether oxygens (including phenoxy) is 1. The van der Waals surface area contributed by atoms with Crippen LogP contribution in [0.4, 0.5) is 10.1 Å². The molecule has 1 fully saturated rings. The molecule has 0 aromatic heterocycles. The lowest BCUT2D eigenvalue weighted by molar-refractivity contribution is 0.0141. The van der Waals surface area contributed by atoms with Gasteiger partial charge in [-0.3, -0.25) is 0 Å². The third kappa shape index (κ3) is 2.67. The minimum Gasteiger partial charge on any atom is -0.459 e. The third-order valence-corrected chi connectivity index (χ3v) is 5.31. The molecule has 5 heteroatoms. The summed E-state index contributed by atoms with van der Waals surface area (Å²) in [5.74, 6) is -0.483. The first-order valence-electron chi connectivity index (χ1n) is 8.46. The highest BCUT2D eigenvalue weighted by Gasteiger charge is 2.41. The van der Waals surface area contributed by atoms with Crippen LogP contribution in [0.5, 0.6) is 0 Å². The highest BCUT2D eigenvalue weighted by atomic mass is 32.1. The number of fused-ring (bicyclic) bond motifs is 2. The molecule has 0 atom stereocenters. The van der Waals surface area contributed by atoms with Crippen LogP contribution in [0.1, 0.15) is 43.2 Å². The van der Waals surface area contributed by atoms with Crippen LogP contribution in [0.15, 0.2) is 36.4 Å². The Bertz CT molecular complexity index is 897. The molecule has 0 saturated heterocycles. The molecule has 2 aromatic carbocycles. The number of nitriles is 1. The minimum absolute atomic E-state index is 0.0538.